The van der Waals surface area contributed by atoms with Gasteiger partial charge in [0, 0.05) is 5.92 Å². The lowest BCUT2D eigenvalue weighted by atomic mass is 9.84. The van der Waals surface area contributed by atoms with Gasteiger partial charge in [-0.15, -0.1) is 0 Å². The fourth-order valence-electron chi connectivity index (χ4n) is 5.73. The second-order valence-corrected chi connectivity index (χ2v) is 13.4. The molecule has 0 aliphatic carbocycles. The molecule has 0 heteroatoms. The third-order valence-corrected chi connectivity index (χ3v) is 8.77. The molecular weight excluding hydrogens is 601 g/mol. The molecule has 0 heterocycles. The molecule has 0 radical (unpaired) electrons. The number of benzene rings is 5. The van der Waals surface area contributed by atoms with Crippen molar-refractivity contribution in [1.82, 2.24) is 0 Å². The van der Waals surface area contributed by atoms with Crippen molar-refractivity contribution in [2.75, 3.05) is 0 Å². The summed E-state index contributed by atoms with van der Waals surface area (Å²) in [6.45, 7) is 20.7. The van der Waals surface area contributed by atoms with Crippen molar-refractivity contribution in [2.24, 2.45) is 0 Å². The van der Waals surface area contributed by atoms with Crippen LogP contribution in [0.2, 0.25) is 0 Å². The Hall–Kier alpha value is -4.68. The van der Waals surface area contributed by atoms with Gasteiger partial charge in [-0.3, -0.25) is 0 Å². The van der Waals surface area contributed by atoms with Crippen LogP contribution in [0, 0.1) is 13.8 Å². The van der Waals surface area contributed by atoms with Crippen molar-refractivity contribution >= 4 is 0 Å². The Morgan fingerprint density at radius 1 is 0.520 bits per heavy atom. The Labute approximate surface area is 305 Å². The van der Waals surface area contributed by atoms with Gasteiger partial charge < -0.3 is 0 Å². The van der Waals surface area contributed by atoms with E-state index in [1.165, 1.54) is 67.6 Å². The quantitative estimate of drug-likeness (QED) is 0.0977. The van der Waals surface area contributed by atoms with Crippen LogP contribution in [-0.4, -0.2) is 0 Å². The van der Waals surface area contributed by atoms with Gasteiger partial charge in [0.1, 0.15) is 0 Å². The van der Waals surface area contributed by atoms with Gasteiger partial charge in [0.2, 0.25) is 0 Å². The van der Waals surface area contributed by atoms with Crippen molar-refractivity contribution in [2.45, 2.75) is 93.4 Å². The topological polar surface area (TPSA) is 0 Å². The zero-order valence-corrected chi connectivity index (χ0v) is 32.1. The minimum absolute atomic E-state index is 0.215. The molecule has 0 amide bonds. The minimum Gasteiger partial charge on any atom is -0.0961 e. The molecule has 260 valence electrons. The van der Waals surface area contributed by atoms with E-state index in [0.29, 0.717) is 0 Å². The van der Waals surface area contributed by atoms with Gasteiger partial charge in [-0.1, -0.05) is 203 Å². The zero-order valence-electron chi connectivity index (χ0n) is 32.1. The Bertz CT molecular complexity index is 1740. The first-order valence-electron chi connectivity index (χ1n) is 18.6. The van der Waals surface area contributed by atoms with Crippen LogP contribution >= 0.6 is 0 Å². The van der Waals surface area contributed by atoms with E-state index in [4.69, 9.17) is 0 Å². The van der Waals surface area contributed by atoms with Crippen molar-refractivity contribution in [3.8, 4) is 0 Å². The summed E-state index contributed by atoms with van der Waals surface area (Å²) < 4.78 is 0. The lowest BCUT2D eigenvalue weighted by molar-refractivity contribution is 0.969. The highest BCUT2D eigenvalue weighted by atomic mass is 14.2. The third-order valence-electron chi connectivity index (χ3n) is 8.77. The molecule has 0 fully saturated rings. The molecule has 0 N–H and O–H groups in total. The number of rotatable bonds is 11. The fourth-order valence-corrected chi connectivity index (χ4v) is 5.73. The normalized spacial score (nSPS) is 11.6. The first kappa shape index (κ1) is 39.8. The number of aryl methyl sites for hydroxylation is 3. The van der Waals surface area contributed by atoms with E-state index in [9.17, 15) is 0 Å². The lowest BCUT2D eigenvalue weighted by Gasteiger charge is -2.20. The highest BCUT2D eigenvalue weighted by Gasteiger charge is 2.17. The van der Waals surface area contributed by atoms with Crippen molar-refractivity contribution in [3.63, 3.8) is 0 Å². The van der Waals surface area contributed by atoms with Gasteiger partial charge in [0.25, 0.3) is 0 Å². The van der Waals surface area contributed by atoms with Crippen LogP contribution in [0.15, 0.2) is 157 Å². The maximum atomic E-state index is 3.78. The molecule has 1 unspecified atom stereocenters. The summed E-state index contributed by atoms with van der Waals surface area (Å²) in [6, 6.07) is 45.4. The summed E-state index contributed by atoms with van der Waals surface area (Å²) in [5.74, 6) is 0.215. The number of allylic oxidation sites excluding steroid dienone is 5. The van der Waals surface area contributed by atoms with E-state index in [-0.39, 0.29) is 5.92 Å². The van der Waals surface area contributed by atoms with Gasteiger partial charge in [0.15, 0.2) is 0 Å². The van der Waals surface area contributed by atoms with Crippen LogP contribution in [0.3, 0.4) is 0 Å². The molecule has 0 aliphatic heterocycles. The number of hydrogen-bond acceptors (Lipinski definition) is 0. The fraction of sp³-hybridized carbons (Fsp3) is 0.280. The maximum Gasteiger partial charge on any atom is 0.0339 e. The van der Waals surface area contributed by atoms with Crippen LogP contribution in [0.1, 0.15) is 116 Å². The Kier molecular flexibility index (Phi) is 17.0. The van der Waals surface area contributed by atoms with E-state index in [1.807, 2.05) is 13.0 Å². The predicted octanol–water partition coefficient (Wildman–Crippen LogP) is 14.1. The Morgan fingerprint density at radius 3 is 1.18 bits per heavy atom. The van der Waals surface area contributed by atoms with Crippen LogP contribution in [0.4, 0.5) is 0 Å². The van der Waals surface area contributed by atoms with E-state index in [2.05, 4.69) is 189 Å². The maximum absolute atomic E-state index is 3.78. The van der Waals surface area contributed by atoms with Crippen LogP contribution in [0.25, 0.3) is 0 Å². The first-order chi connectivity index (χ1) is 24.2. The third kappa shape index (κ3) is 13.3. The van der Waals surface area contributed by atoms with Gasteiger partial charge in [-0.25, -0.2) is 0 Å². The summed E-state index contributed by atoms with van der Waals surface area (Å²) in [6.07, 6.45) is 11.6. The van der Waals surface area contributed by atoms with Gasteiger partial charge in [0.05, 0.1) is 0 Å². The second kappa shape index (κ2) is 21.4. The van der Waals surface area contributed by atoms with Gasteiger partial charge in [-0.05, 0) is 97.9 Å². The average Bonchev–Trinajstić information content (AvgIpc) is 3.13. The van der Waals surface area contributed by atoms with Crippen LogP contribution in [0.5, 0.6) is 0 Å². The molecule has 5 rings (SSSR count). The monoisotopic (exact) mass is 660 g/mol. The SMILES string of the molecule is C=C(C)/C=C\C(=C/C)CC.CCC.CCc1ccc(Cc2ccc(C(c3ccc(C)cc3)c3ccc(Cc4ccc(C)cc4)cc3)cc2)cc1. The smallest absolute Gasteiger partial charge is 0.0339 e. The Balaban J connectivity index is 0.000000445. The van der Waals surface area contributed by atoms with Crippen molar-refractivity contribution in [1.29, 1.82) is 0 Å². The molecule has 0 aromatic heterocycles. The Morgan fingerprint density at radius 2 is 0.840 bits per heavy atom. The van der Waals surface area contributed by atoms with E-state index in [0.717, 1.165) is 31.3 Å². The molecule has 50 heavy (non-hydrogen) atoms. The second-order valence-electron chi connectivity index (χ2n) is 13.4. The minimum atomic E-state index is 0.215. The highest BCUT2D eigenvalue weighted by molar-refractivity contribution is 5.46. The van der Waals surface area contributed by atoms with Crippen molar-refractivity contribution in [3.05, 3.63) is 213 Å². The lowest BCUT2D eigenvalue weighted by Crippen LogP contribution is -2.04. The molecule has 5 aromatic carbocycles. The molecule has 0 saturated carbocycles. The summed E-state index contributed by atoms with van der Waals surface area (Å²) in [5, 5.41) is 0. The molecule has 0 spiro atoms. The van der Waals surface area contributed by atoms with Crippen LogP contribution < -0.4 is 0 Å². The number of hydrogen-bond donors (Lipinski definition) is 0. The molecule has 1 atom stereocenters. The average molecular weight is 661 g/mol. The molecular formula is C50H60. The summed E-state index contributed by atoms with van der Waals surface area (Å²) in [7, 11) is 0. The summed E-state index contributed by atoms with van der Waals surface area (Å²) in [5.41, 5.74) is 15.9. The largest absolute Gasteiger partial charge is 0.0961 e. The molecule has 0 bridgehead atoms. The molecule has 0 nitrogen and oxygen atoms in total. The van der Waals surface area contributed by atoms with Crippen molar-refractivity contribution < 1.29 is 0 Å². The summed E-state index contributed by atoms with van der Waals surface area (Å²) >= 11 is 0. The van der Waals surface area contributed by atoms with E-state index in [1.54, 1.807) is 0 Å². The first-order valence-corrected chi connectivity index (χ1v) is 18.6. The van der Waals surface area contributed by atoms with E-state index < -0.39 is 0 Å². The zero-order chi connectivity index (χ0) is 36.3. The molecule has 5 aromatic rings. The summed E-state index contributed by atoms with van der Waals surface area (Å²) in [4.78, 5) is 0. The highest BCUT2D eigenvalue weighted by Crippen LogP contribution is 2.33. The standard InChI is InChI=1S/C37H36.C10H16.C3H8/c1-4-29-11-13-31(14-12-29)26-33-17-23-36(24-18-33)37(34-19-7-28(3)8-20-34)35-21-15-32(16-22-35)25-30-9-5-27(2)6-10-30;1-5-10(6-2)8-7-9(3)4;1-3-2/h5-24,37H,4,25-26H2,1-3H3;5,7-8H,3,6H2,1-2,4H3;3H2,1-2H3/b;8-7-,10-5-;. The van der Waals surface area contributed by atoms with E-state index >= 15 is 0 Å². The predicted molar refractivity (Wildman–Crippen MR) is 222 cm³/mol. The van der Waals surface area contributed by atoms with Crippen LogP contribution in [-0.2, 0) is 19.3 Å². The molecule has 0 saturated heterocycles. The molecule has 0 aliphatic rings. The van der Waals surface area contributed by atoms with Gasteiger partial charge >= 0.3 is 0 Å². The van der Waals surface area contributed by atoms with Gasteiger partial charge in [-0.2, -0.15) is 0 Å².